The number of alkyl halides is 3. The van der Waals surface area contributed by atoms with E-state index in [0.29, 0.717) is 5.56 Å². The van der Waals surface area contributed by atoms with Gasteiger partial charge in [0.1, 0.15) is 5.75 Å². The number of hydrogen-bond donors (Lipinski definition) is 1. The Bertz CT molecular complexity index is 784. The number of carbonyl (C=O) groups excluding carboxylic acids is 2. The summed E-state index contributed by atoms with van der Waals surface area (Å²) < 4.78 is 40.7. The molecule has 1 N–H and O–H groups in total. The molecule has 0 saturated carbocycles. The van der Waals surface area contributed by atoms with Crippen LogP contribution in [0.15, 0.2) is 65.2 Å². The quantitative estimate of drug-likeness (QED) is 0.569. The van der Waals surface area contributed by atoms with E-state index in [1.807, 2.05) is 0 Å². The Morgan fingerprint density at radius 1 is 0.960 bits per heavy atom. The van der Waals surface area contributed by atoms with Crippen LogP contribution >= 0.6 is 15.9 Å². The van der Waals surface area contributed by atoms with Crippen LogP contribution in [0.2, 0.25) is 0 Å². The predicted molar refractivity (Wildman–Crippen MR) is 89.4 cm³/mol. The first-order chi connectivity index (χ1) is 11.7. The molecule has 0 aliphatic rings. The number of amides is 1. The summed E-state index contributed by atoms with van der Waals surface area (Å²) in [6.07, 6.45) is -2.62. The smallest absolute Gasteiger partial charge is 0.406 e. The Hall–Kier alpha value is -2.61. The van der Waals surface area contributed by atoms with Crippen LogP contribution in [0.25, 0.3) is 0 Å². The molecule has 25 heavy (non-hydrogen) atoms. The number of halogens is 4. The highest BCUT2D eigenvalue weighted by Gasteiger charge is 2.30. The van der Waals surface area contributed by atoms with Crippen molar-refractivity contribution in [2.24, 2.45) is 0 Å². The van der Waals surface area contributed by atoms with Gasteiger partial charge in [0.25, 0.3) is 0 Å². The number of carbonyl (C=O) groups is 2. The lowest BCUT2D eigenvalue weighted by Gasteiger charge is -2.09. The van der Waals surface area contributed by atoms with Gasteiger partial charge in [-0.2, -0.15) is 0 Å². The highest BCUT2D eigenvalue weighted by atomic mass is 79.9. The molecule has 0 saturated heterocycles. The molecule has 4 nitrogen and oxygen atoms in total. The Labute approximate surface area is 149 Å². The molecule has 0 spiro atoms. The first kappa shape index (κ1) is 18.7. The second-order valence-corrected chi connectivity index (χ2v) is 5.68. The molecule has 8 heteroatoms. The average molecular weight is 414 g/mol. The Kier molecular flexibility index (Phi) is 5.97. The van der Waals surface area contributed by atoms with Crippen LogP contribution in [0.1, 0.15) is 10.4 Å². The molecule has 130 valence electrons. The number of anilines is 1. The van der Waals surface area contributed by atoms with Gasteiger partial charge >= 0.3 is 6.36 Å². The Balaban J connectivity index is 1.93. The molecular weight excluding hydrogens is 403 g/mol. The van der Waals surface area contributed by atoms with Crippen molar-refractivity contribution < 1.29 is 27.5 Å². The summed E-state index contributed by atoms with van der Waals surface area (Å²) in [5.74, 6) is -1.34. The zero-order valence-electron chi connectivity index (χ0n) is 12.5. The number of allylic oxidation sites excluding steroid dienone is 1. The van der Waals surface area contributed by atoms with Gasteiger partial charge in [-0.05, 0) is 54.6 Å². The zero-order valence-corrected chi connectivity index (χ0v) is 14.1. The minimum absolute atomic E-state index is 0.264. The SMILES string of the molecule is O=C(/C=C/C(=O)c1ccc(Br)cc1)Nc1ccc(OC(F)(F)F)cc1. The van der Waals surface area contributed by atoms with Crippen LogP contribution in [-0.4, -0.2) is 18.1 Å². The second-order valence-electron chi connectivity index (χ2n) is 4.77. The largest absolute Gasteiger partial charge is 0.573 e. The average Bonchev–Trinajstić information content (AvgIpc) is 2.54. The maximum atomic E-state index is 12.1. The first-order valence-corrected chi connectivity index (χ1v) is 7.67. The maximum absolute atomic E-state index is 12.1. The van der Waals surface area contributed by atoms with Crippen molar-refractivity contribution in [3.05, 3.63) is 70.7 Å². The summed E-state index contributed by atoms with van der Waals surface area (Å²) in [5, 5.41) is 2.43. The third-order valence-electron chi connectivity index (χ3n) is 2.87. The summed E-state index contributed by atoms with van der Waals surface area (Å²) in [7, 11) is 0. The topological polar surface area (TPSA) is 55.4 Å². The van der Waals surface area contributed by atoms with Crippen LogP contribution in [0.5, 0.6) is 5.75 Å². The van der Waals surface area contributed by atoms with Crippen molar-refractivity contribution in [3.63, 3.8) is 0 Å². The standard InChI is InChI=1S/C17H11BrF3NO3/c18-12-3-1-11(2-4-12)15(23)9-10-16(24)22-13-5-7-14(8-6-13)25-17(19,20)21/h1-10H,(H,22,24)/b10-9+. The van der Waals surface area contributed by atoms with E-state index in [4.69, 9.17) is 0 Å². The number of benzene rings is 2. The fourth-order valence-electron chi connectivity index (χ4n) is 1.79. The van der Waals surface area contributed by atoms with E-state index in [1.54, 1.807) is 24.3 Å². The summed E-state index contributed by atoms with van der Waals surface area (Å²) in [5.41, 5.74) is 0.682. The lowest BCUT2D eigenvalue weighted by atomic mass is 10.1. The second kappa shape index (κ2) is 7.98. The van der Waals surface area contributed by atoms with Gasteiger partial charge in [-0.1, -0.05) is 15.9 Å². The Morgan fingerprint density at radius 2 is 1.56 bits per heavy atom. The molecule has 0 fully saturated rings. The van der Waals surface area contributed by atoms with E-state index < -0.39 is 18.0 Å². The Morgan fingerprint density at radius 3 is 2.12 bits per heavy atom. The molecule has 0 aromatic heterocycles. The van der Waals surface area contributed by atoms with Crippen LogP contribution in [-0.2, 0) is 4.79 Å². The van der Waals surface area contributed by atoms with E-state index in [1.165, 1.54) is 12.1 Å². The molecule has 2 aromatic carbocycles. The number of nitrogens with one attached hydrogen (secondary N) is 1. The molecular formula is C17H11BrF3NO3. The van der Waals surface area contributed by atoms with Gasteiger partial charge in [0, 0.05) is 21.8 Å². The molecule has 0 atom stereocenters. The molecule has 1 amide bonds. The zero-order chi connectivity index (χ0) is 18.4. The molecule has 0 bridgehead atoms. The van der Waals surface area contributed by atoms with Crippen molar-refractivity contribution in [1.29, 1.82) is 0 Å². The predicted octanol–water partition coefficient (Wildman–Crippen LogP) is 4.73. The third-order valence-corrected chi connectivity index (χ3v) is 3.40. The van der Waals surface area contributed by atoms with Gasteiger partial charge < -0.3 is 10.1 Å². The normalized spacial score (nSPS) is 11.4. The molecule has 0 unspecified atom stereocenters. The van der Waals surface area contributed by atoms with E-state index in [9.17, 15) is 22.8 Å². The van der Waals surface area contributed by atoms with E-state index in [0.717, 1.165) is 28.8 Å². The van der Waals surface area contributed by atoms with Crippen LogP contribution in [0.4, 0.5) is 18.9 Å². The number of rotatable bonds is 5. The number of ether oxygens (including phenoxy) is 1. The van der Waals surface area contributed by atoms with Gasteiger partial charge in [-0.15, -0.1) is 13.2 Å². The summed E-state index contributed by atoms with van der Waals surface area (Å²) >= 11 is 3.25. The van der Waals surface area contributed by atoms with Crippen molar-refractivity contribution >= 4 is 33.3 Å². The lowest BCUT2D eigenvalue weighted by molar-refractivity contribution is -0.274. The summed E-state index contributed by atoms with van der Waals surface area (Å²) in [6, 6.07) is 11.3. The van der Waals surface area contributed by atoms with E-state index in [2.05, 4.69) is 26.0 Å². The molecule has 0 radical (unpaired) electrons. The highest BCUT2D eigenvalue weighted by molar-refractivity contribution is 9.10. The van der Waals surface area contributed by atoms with Crippen LogP contribution in [0, 0.1) is 0 Å². The first-order valence-electron chi connectivity index (χ1n) is 6.88. The number of hydrogen-bond acceptors (Lipinski definition) is 3. The molecule has 0 heterocycles. The highest BCUT2D eigenvalue weighted by Crippen LogP contribution is 2.23. The monoisotopic (exact) mass is 413 g/mol. The molecule has 0 aliphatic heterocycles. The number of ketones is 1. The summed E-state index contributed by atoms with van der Waals surface area (Å²) in [6.45, 7) is 0. The van der Waals surface area contributed by atoms with Gasteiger partial charge in [-0.25, -0.2) is 0 Å². The fourth-order valence-corrected chi connectivity index (χ4v) is 2.05. The van der Waals surface area contributed by atoms with Gasteiger partial charge in [0.15, 0.2) is 5.78 Å². The van der Waals surface area contributed by atoms with Gasteiger partial charge in [0.2, 0.25) is 5.91 Å². The van der Waals surface area contributed by atoms with E-state index >= 15 is 0 Å². The van der Waals surface area contributed by atoms with Crippen molar-refractivity contribution in [3.8, 4) is 5.75 Å². The van der Waals surface area contributed by atoms with Gasteiger partial charge in [0.05, 0.1) is 0 Å². The molecule has 2 rings (SSSR count). The maximum Gasteiger partial charge on any atom is 0.573 e. The van der Waals surface area contributed by atoms with Crippen molar-refractivity contribution in [1.82, 2.24) is 0 Å². The minimum Gasteiger partial charge on any atom is -0.406 e. The molecule has 2 aromatic rings. The van der Waals surface area contributed by atoms with Crippen molar-refractivity contribution in [2.75, 3.05) is 5.32 Å². The van der Waals surface area contributed by atoms with E-state index in [-0.39, 0.29) is 11.5 Å². The fraction of sp³-hybridized carbons (Fsp3) is 0.0588. The van der Waals surface area contributed by atoms with Gasteiger partial charge in [-0.3, -0.25) is 9.59 Å². The molecule has 0 aliphatic carbocycles. The van der Waals surface area contributed by atoms with Crippen LogP contribution in [0.3, 0.4) is 0 Å². The minimum atomic E-state index is -4.78. The third kappa shape index (κ3) is 6.42. The van der Waals surface area contributed by atoms with Crippen molar-refractivity contribution in [2.45, 2.75) is 6.36 Å². The lowest BCUT2D eigenvalue weighted by Crippen LogP contribution is -2.17. The summed E-state index contributed by atoms with van der Waals surface area (Å²) in [4.78, 5) is 23.6. The van der Waals surface area contributed by atoms with Crippen LogP contribution < -0.4 is 10.1 Å².